The molecular formula is C15H14BrNO4S. The number of esters is 1. The van der Waals surface area contributed by atoms with E-state index >= 15 is 0 Å². The molecule has 0 radical (unpaired) electrons. The Kier molecular flexibility index (Phi) is 5.97. The van der Waals surface area contributed by atoms with E-state index in [2.05, 4.69) is 21.2 Å². The summed E-state index contributed by atoms with van der Waals surface area (Å²) in [5, 5.41) is 4.32. The van der Waals surface area contributed by atoms with Crippen molar-refractivity contribution >= 4 is 39.1 Å². The van der Waals surface area contributed by atoms with Crippen LogP contribution in [0.15, 0.2) is 40.2 Å². The van der Waals surface area contributed by atoms with Crippen molar-refractivity contribution in [2.24, 2.45) is 0 Å². The number of benzene rings is 1. The largest absolute Gasteiger partial charge is 0.496 e. The Hall–Kier alpha value is -1.86. The van der Waals surface area contributed by atoms with E-state index < -0.39 is 5.97 Å². The lowest BCUT2D eigenvalue weighted by Crippen LogP contribution is -2.30. The zero-order valence-electron chi connectivity index (χ0n) is 11.8. The Morgan fingerprint density at radius 2 is 2.14 bits per heavy atom. The third kappa shape index (κ3) is 4.57. The van der Waals surface area contributed by atoms with E-state index in [0.29, 0.717) is 10.6 Å². The molecule has 0 bridgehead atoms. The summed E-state index contributed by atoms with van der Waals surface area (Å²) < 4.78 is 11.2. The molecule has 0 aliphatic rings. The number of carbonyl (C=O) groups is 2. The molecule has 1 aromatic heterocycles. The maximum absolute atomic E-state index is 11.7. The molecule has 1 amide bonds. The van der Waals surface area contributed by atoms with Crippen LogP contribution in [0.3, 0.4) is 0 Å². The van der Waals surface area contributed by atoms with Crippen LogP contribution >= 0.6 is 27.3 Å². The molecule has 5 nitrogen and oxygen atoms in total. The summed E-state index contributed by atoms with van der Waals surface area (Å²) in [6.07, 6.45) is 0. The maximum atomic E-state index is 11.7. The van der Waals surface area contributed by atoms with Crippen molar-refractivity contribution < 1.29 is 19.1 Å². The smallest absolute Gasteiger partial charge is 0.325 e. The van der Waals surface area contributed by atoms with Crippen molar-refractivity contribution in [1.29, 1.82) is 0 Å². The number of ether oxygens (including phenoxy) is 2. The molecule has 1 heterocycles. The lowest BCUT2D eigenvalue weighted by Gasteiger charge is -2.10. The molecule has 0 saturated heterocycles. The van der Waals surface area contributed by atoms with E-state index in [0.717, 1.165) is 10.0 Å². The van der Waals surface area contributed by atoms with Crippen LogP contribution in [0.2, 0.25) is 0 Å². The van der Waals surface area contributed by atoms with Gasteiger partial charge in [0.15, 0.2) is 0 Å². The molecule has 7 heteroatoms. The Labute approximate surface area is 140 Å². The number of rotatable bonds is 6. The van der Waals surface area contributed by atoms with Gasteiger partial charge in [0, 0.05) is 10.0 Å². The van der Waals surface area contributed by atoms with E-state index in [4.69, 9.17) is 9.47 Å². The van der Waals surface area contributed by atoms with Gasteiger partial charge in [0.05, 0.1) is 12.0 Å². The van der Waals surface area contributed by atoms with Crippen LogP contribution in [-0.4, -0.2) is 25.5 Å². The molecular weight excluding hydrogens is 370 g/mol. The third-order valence-electron chi connectivity index (χ3n) is 2.77. The average molecular weight is 384 g/mol. The standard InChI is InChI=1S/C15H14BrNO4S/c1-20-12-5-4-11(16)7-10(12)9-21-14(18)8-17-15(19)13-3-2-6-22-13/h2-7H,8-9H2,1H3,(H,17,19). The van der Waals surface area contributed by atoms with Crippen molar-refractivity contribution in [2.45, 2.75) is 6.61 Å². The van der Waals surface area contributed by atoms with Crippen LogP contribution in [0, 0.1) is 0 Å². The van der Waals surface area contributed by atoms with Crippen molar-refractivity contribution in [3.63, 3.8) is 0 Å². The number of hydrogen-bond donors (Lipinski definition) is 1. The highest BCUT2D eigenvalue weighted by Crippen LogP contribution is 2.23. The maximum Gasteiger partial charge on any atom is 0.325 e. The van der Waals surface area contributed by atoms with Gasteiger partial charge in [-0.15, -0.1) is 11.3 Å². The number of amides is 1. The van der Waals surface area contributed by atoms with Gasteiger partial charge in [-0.25, -0.2) is 0 Å². The molecule has 1 N–H and O–H groups in total. The van der Waals surface area contributed by atoms with E-state index in [1.807, 2.05) is 12.1 Å². The van der Waals surface area contributed by atoms with Gasteiger partial charge in [0.1, 0.15) is 18.9 Å². The van der Waals surface area contributed by atoms with Crippen LogP contribution in [0.1, 0.15) is 15.2 Å². The Balaban J connectivity index is 1.83. The van der Waals surface area contributed by atoms with Crippen molar-refractivity contribution in [2.75, 3.05) is 13.7 Å². The molecule has 0 aliphatic carbocycles. The second-order valence-electron chi connectivity index (χ2n) is 4.28. The Bertz CT molecular complexity index is 658. The van der Waals surface area contributed by atoms with Crippen LogP contribution < -0.4 is 10.1 Å². The highest BCUT2D eigenvalue weighted by atomic mass is 79.9. The summed E-state index contributed by atoms with van der Waals surface area (Å²) in [6, 6.07) is 8.91. The topological polar surface area (TPSA) is 64.6 Å². The molecule has 0 saturated carbocycles. The summed E-state index contributed by atoms with van der Waals surface area (Å²) in [7, 11) is 1.55. The van der Waals surface area contributed by atoms with Crippen molar-refractivity contribution in [1.82, 2.24) is 5.32 Å². The first-order valence-corrected chi connectivity index (χ1v) is 8.07. The van der Waals surface area contributed by atoms with Gasteiger partial charge in [-0.2, -0.15) is 0 Å². The molecule has 2 rings (SSSR count). The summed E-state index contributed by atoms with van der Waals surface area (Å²) in [6.45, 7) is -0.0939. The van der Waals surface area contributed by atoms with Gasteiger partial charge in [-0.05, 0) is 29.6 Å². The molecule has 2 aromatic rings. The lowest BCUT2D eigenvalue weighted by atomic mass is 10.2. The van der Waals surface area contributed by atoms with E-state index in [-0.39, 0.29) is 19.1 Å². The Morgan fingerprint density at radius 1 is 1.32 bits per heavy atom. The van der Waals surface area contributed by atoms with Gasteiger partial charge >= 0.3 is 5.97 Å². The zero-order valence-corrected chi connectivity index (χ0v) is 14.2. The van der Waals surface area contributed by atoms with Gasteiger partial charge in [0.25, 0.3) is 5.91 Å². The first-order chi connectivity index (χ1) is 10.6. The van der Waals surface area contributed by atoms with Crippen LogP contribution in [0.4, 0.5) is 0 Å². The van der Waals surface area contributed by atoms with Gasteiger partial charge in [-0.1, -0.05) is 22.0 Å². The fourth-order valence-corrected chi connectivity index (χ4v) is 2.77. The minimum atomic E-state index is -0.507. The average Bonchev–Trinajstić information content (AvgIpc) is 3.05. The van der Waals surface area contributed by atoms with Crippen molar-refractivity contribution in [3.8, 4) is 5.75 Å². The van der Waals surface area contributed by atoms with Gasteiger partial charge in [0.2, 0.25) is 0 Å². The number of halogens is 1. The Morgan fingerprint density at radius 3 is 2.82 bits per heavy atom. The summed E-state index contributed by atoms with van der Waals surface area (Å²) in [4.78, 5) is 23.9. The SMILES string of the molecule is COc1ccc(Br)cc1COC(=O)CNC(=O)c1cccs1. The fourth-order valence-electron chi connectivity index (χ4n) is 1.72. The summed E-state index contributed by atoms with van der Waals surface area (Å²) in [5.41, 5.74) is 0.745. The van der Waals surface area contributed by atoms with E-state index in [1.165, 1.54) is 11.3 Å². The van der Waals surface area contributed by atoms with Gasteiger partial charge < -0.3 is 14.8 Å². The highest BCUT2D eigenvalue weighted by Gasteiger charge is 2.11. The first-order valence-electron chi connectivity index (χ1n) is 6.40. The zero-order chi connectivity index (χ0) is 15.9. The normalized spacial score (nSPS) is 10.1. The molecule has 0 spiro atoms. The number of nitrogens with one attached hydrogen (secondary N) is 1. The molecule has 0 unspecified atom stereocenters. The molecule has 0 aliphatic heterocycles. The van der Waals surface area contributed by atoms with Crippen LogP contribution in [0.25, 0.3) is 0 Å². The van der Waals surface area contributed by atoms with Gasteiger partial charge in [-0.3, -0.25) is 9.59 Å². The van der Waals surface area contributed by atoms with Crippen molar-refractivity contribution in [3.05, 3.63) is 50.6 Å². The summed E-state index contributed by atoms with van der Waals surface area (Å²) in [5.74, 6) is -0.155. The molecule has 116 valence electrons. The highest BCUT2D eigenvalue weighted by molar-refractivity contribution is 9.10. The number of hydrogen-bond acceptors (Lipinski definition) is 5. The van der Waals surface area contributed by atoms with Crippen LogP contribution in [-0.2, 0) is 16.1 Å². The van der Waals surface area contributed by atoms with E-state index in [1.54, 1.807) is 30.7 Å². The minimum Gasteiger partial charge on any atom is -0.496 e. The lowest BCUT2D eigenvalue weighted by molar-refractivity contribution is -0.143. The number of carbonyl (C=O) groups excluding carboxylic acids is 2. The van der Waals surface area contributed by atoms with Crippen LogP contribution in [0.5, 0.6) is 5.75 Å². The fraction of sp³-hybridized carbons (Fsp3) is 0.200. The third-order valence-corrected chi connectivity index (χ3v) is 4.13. The molecule has 1 aromatic carbocycles. The predicted octanol–water partition coefficient (Wildman–Crippen LogP) is 2.99. The minimum absolute atomic E-state index is 0.0797. The summed E-state index contributed by atoms with van der Waals surface area (Å²) >= 11 is 4.67. The monoisotopic (exact) mass is 383 g/mol. The number of thiophene rings is 1. The number of methoxy groups -OCH3 is 1. The molecule has 0 fully saturated rings. The molecule has 22 heavy (non-hydrogen) atoms. The predicted molar refractivity (Wildman–Crippen MR) is 87.1 cm³/mol. The molecule has 0 atom stereocenters. The first kappa shape index (κ1) is 16.5. The van der Waals surface area contributed by atoms with E-state index in [9.17, 15) is 9.59 Å². The second kappa shape index (κ2) is 7.95. The second-order valence-corrected chi connectivity index (χ2v) is 6.14. The quantitative estimate of drug-likeness (QED) is 0.778.